The highest BCUT2D eigenvalue weighted by atomic mass is 31.2. The number of phenolic OH excluding ortho intramolecular Hbond substituents is 1. The first-order valence-corrected chi connectivity index (χ1v) is 7.20. The zero-order valence-corrected chi connectivity index (χ0v) is 10.4. The molecule has 0 aromatic heterocycles. The first-order valence-electron chi connectivity index (χ1n) is 5.55. The molecule has 94 valence electrons. The minimum Gasteiger partial charge on any atom is -0.508 e. The highest BCUT2D eigenvalue weighted by molar-refractivity contribution is 7.53. The second-order valence-corrected chi connectivity index (χ2v) is 6.00. The van der Waals surface area contributed by atoms with E-state index < -0.39 is 13.4 Å². The van der Waals surface area contributed by atoms with Gasteiger partial charge in [0.2, 0.25) is 0 Å². The Morgan fingerprint density at radius 2 is 2.24 bits per heavy atom. The third-order valence-electron chi connectivity index (χ3n) is 2.90. The third kappa shape index (κ3) is 2.53. The van der Waals surface area contributed by atoms with Crippen molar-refractivity contribution in [3.8, 4) is 5.75 Å². The van der Waals surface area contributed by atoms with Crippen molar-refractivity contribution in [2.45, 2.75) is 25.2 Å². The van der Waals surface area contributed by atoms with Gasteiger partial charge in [0.25, 0.3) is 0 Å². The van der Waals surface area contributed by atoms with E-state index in [-0.39, 0.29) is 18.4 Å². The maximum absolute atomic E-state index is 11.9. The zero-order chi connectivity index (χ0) is 12.5. The Kier molecular flexibility index (Phi) is 3.54. The predicted molar refractivity (Wildman–Crippen MR) is 63.8 cm³/mol. The molecule has 1 aliphatic heterocycles. The standard InChI is InChI=1S/C11H16NO4P/c1-2-8-7-16-17(14,15)11(12-8)9-5-3-4-6-10(9)13/h3-6,8,11-13H,2,7H2,1H3,(H,14,15). The normalized spacial score (nSPS) is 33.5. The number of hydrogen-bond donors (Lipinski definition) is 3. The van der Waals surface area contributed by atoms with Crippen LogP contribution in [0.5, 0.6) is 5.75 Å². The highest BCUT2D eigenvalue weighted by Gasteiger charge is 2.40. The van der Waals surface area contributed by atoms with Crippen LogP contribution >= 0.6 is 7.60 Å². The van der Waals surface area contributed by atoms with Crippen LogP contribution in [0.15, 0.2) is 24.3 Å². The Labute approximate surface area is 100.0 Å². The lowest BCUT2D eigenvalue weighted by atomic mass is 10.1. The van der Waals surface area contributed by atoms with Gasteiger partial charge >= 0.3 is 7.60 Å². The molecule has 5 nitrogen and oxygen atoms in total. The van der Waals surface area contributed by atoms with Crippen LogP contribution in [0.25, 0.3) is 0 Å². The Balaban J connectivity index is 2.34. The quantitative estimate of drug-likeness (QED) is 0.706. The van der Waals surface area contributed by atoms with Gasteiger partial charge in [-0.2, -0.15) is 0 Å². The molecule has 17 heavy (non-hydrogen) atoms. The van der Waals surface area contributed by atoms with Gasteiger partial charge in [0, 0.05) is 11.6 Å². The van der Waals surface area contributed by atoms with Crippen LogP contribution in [0.3, 0.4) is 0 Å². The van der Waals surface area contributed by atoms with Crippen LogP contribution in [-0.2, 0) is 9.09 Å². The van der Waals surface area contributed by atoms with Gasteiger partial charge in [-0.15, -0.1) is 0 Å². The number of rotatable bonds is 2. The summed E-state index contributed by atoms with van der Waals surface area (Å²) in [5.41, 5.74) is 0.400. The van der Waals surface area contributed by atoms with Gasteiger partial charge in [-0.25, -0.2) is 0 Å². The van der Waals surface area contributed by atoms with Gasteiger partial charge in [-0.05, 0) is 12.5 Å². The number of para-hydroxylation sites is 1. The fourth-order valence-corrected chi connectivity index (χ4v) is 3.37. The molecule has 6 heteroatoms. The SMILES string of the molecule is CCC1COP(=O)(O)C(c2ccccc2O)N1. The molecule has 0 radical (unpaired) electrons. The van der Waals surface area contributed by atoms with Gasteiger partial charge in [0.1, 0.15) is 11.5 Å². The van der Waals surface area contributed by atoms with E-state index in [0.29, 0.717) is 5.56 Å². The molecule has 1 fully saturated rings. The van der Waals surface area contributed by atoms with E-state index in [1.54, 1.807) is 18.2 Å². The van der Waals surface area contributed by atoms with Crippen LogP contribution in [-0.4, -0.2) is 22.6 Å². The van der Waals surface area contributed by atoms with E-state index in [2.05, 4.69) is 5.32 Å². The maximum Gasteiger partial charge on any atom is 0.349 e. The van der Waals surface area contributed by atoms with Crippen LogP contribution in [0, 0.1) is 0 Å². The summed E-state index contributed by atoms with van der Waals surface area (Å²) >= 11 is 0. The molecule has 0 bridgehead atoms. The molecular weight excluding hydrogens is 241 g/mol. The highest BCUT2D eigenvalue weighted by Crippen LogP contribution is 2.58. The van der Waals surface area contributed by atoms with E-state index in [4.69, 9.17) is 4.52 Å². The number of benzene rings is 1. The van der Waals surface area contributed by atoms with Crippen molar-refractivity contribution < 1.29 is 19.1 Å². The lowest BCUT2D eigenvalue weighted by molar-refractivity contribution is 0.177. The molecule has 0 aliphatic carbocycles. The molecule has 3 unspecified atom stereocenters. The molecule has 1 aliphatic rings. The molecule has 1 aromatic rings. The molecule has 0 amide bonds. The van der Waals surface area contributed by atoms with Crippen molar-refractivity contribution in [3.05, 3.63) is 29.8 Å². The summed E-state index contributed by atoms with van der Waals surface area (Å²) in [5, 5.41) is 12.8. The number of phenols is 1. The minimum atomic E-state index is -3.77. The minimum absolute atomic E-state index is 0.000344. The average molecular weight is 257 g/mol. The van der Waals surface area contributed by atoms with E-state index in [9.17, 15) is 14.6 Å². The van der Waals surface area contributed by atoms with Crippen LogP contribution in [0.4, 0.5) is 0 Å². The second-order valence-electron chi connectivity index (χ2n) is 4.09. The van der Waals surface area contributed by atoms with Gasteiger partial charge in [-0.1, -0.05) is 25.1 Å². The Morgan fingerprint density at radius 1 is 1.53 bits per heavy atom. The smallest absolute Gasteiger partial charge is 0.349 e. The van der Waals surface area contributed by atoms with Crippen molar-refractivity contribution in [3.63, 3.8) is 0 Å². The lowest BCUT2D eigenvalue weighted by Crippen LogP contribution is -2.40. The third-order valence-corrected chi connectivity index (χ3v) is 4.50. The van der Waals surface area contributed by atoms with E-state index in [1.807, 2.05) is 6.92 Å². The first kappa shape index (κ1) is 12.6. The Bertz CT molecular complexity index is 451. The first-order chi connectivity index (χ1) is 8.04. The summed E-state index contributed by atoms with van der Waals surface area (Å²) in [6, 6.07) is 6.52. The largest absolute Gasteiger partial charge is 0.508 e. The molecular formula is C11H16NO4P. The molecule has 2 rings (SSSR count). The van der Waals surface area contributed by atoms with E-state index in [1.165, 1.54) is 6.07 Å². The van der Waals surface area contributed by atoms with Gasteiger partial charge in [0.05, 0.1) is 6.61 Å². The van der Waals surface area contributed by atoms with Crippen molar-refractivity contribution in [2.24, 2.45) is 0 Å². The maximum atomic E-state index is 11.9. The molecule has 3 atom stereocenters. The van der Waals surface area contributed by atoms with Gasteiger partial charge < -0.3 is 14.5 Å². The monoisotopic (exact) mass is 257 g/mol. The Morgan fingerprint density at radius 3 is 2.88 bits per heavy atom. The van der Waals surface area contributed by atoms with Crippen LogP contribution in [0.1, 0.15) is 24.7 Å². The summed E-state index contributed by atoms with van der Waals surface area (Å²) in [5.74, 6) is -0.859. The van der Waals surface area contributed by atoms with Crippen molar-refractivity contribution in [1.82, 2.24) is 5.32 Å². The van der Waals surface area contributed by atoms with Crippen molar-refractivity contribution in [2.75, 3.05) is 6.61 Å². The zero-order valence-electron chi connectivity index (χ0n) is 9.54. The molecule has 0 saturated carbocycles. The number of hydrogen-bond acceptors (Lipinski definition) is 4. The average Bonchev–Trinajstić information content (AvgIpc) is 2.30. The Hall–Kier alpha value is -0.870. The second kappa shape index (κ2) is 4.78. The molecule has 3 N–H and O–H groups in total. The lowest BCUT2D eigenvalue weighted by Gasteiger charge is -2.34. The van der Waals surface area contributed by atoms with Gasteiger partial charge in [-0.3, -0.25) is 9.88 Å². The number of nitrogens with one attached hydrogen (secondary N) is 1. The van der Waals surface area contributed by atoms with Crippen LogP contribution < -0.4 is 5.32 Å². The van der Waals surface area contributed by atoms with Gasteiger partial charge in [0.15, 0.2) is 0 Å². The summed E-state index contributed by atoms with van der Waals surface area (Å²) in [7, 11) is -3.77. The molecule has 1 saturated heterocycles. The van der Waals surface area contributed by atoms with Crippen LogP contribution in [0.2, 0.25) is 0 Å². The molecule has 1 aromatic carbocycles. The molecule has 1 heterocycles. The summed E-state index contributed by atoms with van der Waals surface area (Å²) < 4.78 is 17.0. The summed E-state index contributed by atoms with van der Waals surface area (Å²) in [6.45, 7) is 2.19. The summed E-state index contributed by atoms with van der Waals surface area (Å²) in [4.78, 5) is 9.79. The van der Waals surface area contributed by atoms with E-state index in [0.717, 1.165) is 6.42 Å². The van der Waals surface area contributed by atoms with E-state index >= 15 is 0 Å². The van der Waals surface area contributed by atoms with Crippen molar-refractivity contribution >= 4 is 7.60 Å². The fraction of sp³-hybridized carbons (Fsp3) is 0.455. The fourth-order valence-electron chi connectivity index (χ4n) is 1.86. The number of aromatic hydroxyl groups is 1. The van der Waals surface area contributed by atoms with Crippen molar-refractivity contribution in [1.29, 1.82) is 0 Å². The molecule has 0 spiro atoms. The predicted octanol–water partition coefficient (Wildman–Crippen LogP) is 1.97. The topological polar surface area (TPSA) is 78.8 Å². The summed E-state index contributed by atoms with van der Waals surface area (Å²) in [6.07, 6.45) is 0.796.